The van der Waals surface area contributed by atoms with Crippen LogP contribution in [0, 0.1) is 0 Å². The molecular formula is C18H16ClKN2O7S. The molecule has 3 atom stereocenters. The summed E-state index contributed by atoms with van der Waals surface area (Å²) < 4.78 is 4.83. The molecule has 30 heavy (non-hydrogen) atoms. The number of β-lactam (4-membered cyclic amide) rings is 1. The summed E-state index contributed by atoms with van der Waals surface area (Å²) in [5.41, 5.74) is 0.133. The number of amides is 2. The first-order valence-corrected chi connectivity index (χ1v) is 9.88. The van der Waals surface area contributed by atoms with Crippen molar-refractivity contribution in [3.8, 4) is 0 Å². The Hall–Kier alpha value is -0.924. The maximum absolute atomic E-state index is 12.5. The average Bonchev–Trinajstić information content (AvgIpc) is 2.68. The van der Waals surface area contributed by atoms with E-state index >= 15 is 0 Å². The minimum absolute atomic E-state index is 0. The largest absolute Gasteiger partial charge is 1.00 e. The van der Waals surface area contributed by atoms with Gasteiger partial charge in [0.25, 0.3) is 11.8 Å². The van der Waals surface area contributed by atoms with Crippen LogP contribution in [0.3, 0.4) is 0 Å². The molecule has 9 nitrogen and oxygen atoms in total. The monoisotopic (exact) mass is 478 g/mol. The number of fused-ring (bicyclic) bond motifs is 1. The Morgan fingerprint density at radius 3 is 2.73 bits per heavy atom. The molecule has 0 radical (unpaired) electrons. The van der Waals surface area contributed by atoms with Crippen molar-refractivity contribution in [1.82, 2.24) is 10.2 Å². The Bertz CT molecular complexity index is 926. The van der Waals surface area contributed by atoms with Crippen molar-refractivity contribution in [3.05, 3.63) is 46.1 Å². The molecule has 1 aromatic rings. The molecule has 1 unspecified atom stereocenters. The van der Waals surface area contributed by atoms with E-state index in [9.17, 15) is 29.4 Å². The molecule has 1 saturated heterocycles. The van der Waals surface area contributed by atoms with E-state index in [1.54, 1.807) is 12.1 Å². The van der Waals surface area contributed by atoms with Crippen molar-refractivity contribution < 1.29 is 85.5 Å². The number of halogens is 1. The van der Waals surface area contributed by atoms with E-state index in [1.807, 2.05) is 0 Å². The van der Waals surface area contributed by atoms with Gasteiger partial charge >= 0.3 is 57.4 Å². The molecule has 3 rings (SSSR count). The van der Waals surface area contributed by atoms with E-state index in [0.29, 0.717) is 5.02 Å². The van der Waals surface area contributed by atoms with Crippen molar-refractivity contribution in [2.45, 2.75) is 24.4 Å². The van der Waals surface area contributed by atoms with Gasteiger partial charge in [-0.2, -0.15) is 0 Å². The van der Waals surface area contributed by atoms with Gasteiger partial charge in [0.2, 0.25) is 0 Å². The van der Waals surface area contributed by atoms with Gasteiger partial charge in [-0.05, 0) is 17.7 Å². The number of nitrogens with zero attached hydrogens (tertiary/aromatic N) is 1. The summed E-state index contributed by atoms with van der Waals surface area (Å²) >= 11 is 7.06. The molecule has 0 spiro atoms. The van der Waals surface area contributed by atoms with Crippen LogP contribution in [-0.2, 0) is 23.9 Å². The van der Waals surface area contributed by atoms with E-state index in [0.717, 1.165) is 4.90 Å². The van der Waals surface area contributed by atoms with Gasteiger partial charge in [-0.1, -0.05) is 23.7 Å². The normalized spacial score (nSPS) is 21.0. The molecule has 0 aliphatic carbocycles. The predicted octanol–water partition coefficient (Wildman–Crippen LogP) is -3.66. The van der Waals surface area contributed by atoms with E-state index < -0.39 is 41.3 Å². The van der Waals surface area contributed by atoms with Gasteiger partial charge in [0, 0.05) is 23.3 Å². The molecule has 2 aliphatic heterocycles. The standard InChI is InChI=1S/C18H17ClN2O7S.K/c1-8(22)28-6-10-7-29-17-12(16(25)21(17)13(10)18(26)27)20-15(24)14(23)9-3-2-4-11(19)5-9;/h2-5,12,14,17,23H,6-7H2,1H3,(H,20,24)(H,26,27);/q;+1/p-1/t12-,14?,17+;/m0./s1. The number of benzene rings is 1. The molecule has 0 bridgehead atoms. The molecule has 2 heterocycles. The fourth-order valence-electron chi connectivity index (χ4n) is 3.03. The second-order valence-corrected chi connectivity index (χ2v) is 7.91. The number of thioether (sulfide) groups is 1. The molecule has 2 amide bonds. The second-order valence-electron chi connectivity index (χ2n) is 6.37. The Morgan fingerprint density at radius 2 is 2.13 bits per heavy atom. The van der Waals surface area contributed by atoms with Crippen molar-refractivity contribution >= 4 is 47.1 Å². The van der Waals surface area contributed by atoms with Crippen LogP contribution in [0.15, 0.2) is 35.5 Å². The third kappa shape index (κ3) is 5.28. The zero-order valence-corrected chi connectivity index (χ0v) is 20.8. The van der Waals surface area contributed by atoms with Crippen LogP contribution in [0.4, 0.5) is 0 Å². The number of carboxylic acids is 1. The third-order valence-corrected chi connectivity index (χ3v) is 5.98. The summed E-state index contributed by atoms with van der Waals surface area (Å²) in [6, 6.07) is 5.09. The van der Waals surface area contributed by atoms with E-state index in [2.05, 4.69) is 5.32 Å². The summed E-state index contributed by atoms with van der Waals surface area (Å²) in [4.78, 5) is 48.4. The van der Waals surface area contributed by atoms with Crippen LogP contribution in [0.25, 0.3) is 0 Å². The number of aliphatic carboxylic acids is 1. The average molecular weight is 479 g/mol. The van der Waals surface area contributed by atoms with Crippen LogP contribution >= 0.6 is 23.4 Å². The number of carbonyl (C=O) groups is 4. The fourth-order valence-corrected chi connectivity index (χ4v) is 4.56. The minimum Gasteiger partial charge on any atom is -0.543 e. The molecule has 2 N–H and O–H groups in total. The van der Waals surface area contributed by atoms with E-state index in [-0.39, 0.29) is 80.6 Å². The van der Waals surface area contributed by atoms with Gasteiger partial charge in [0.15, 0.2) is 6.10 Å². The molecular weight excluding hydrogens is 463 g/mol. The number of nitrogens with one attached hydrogen (secondary N) is 1. The predicted molar refractivity (Wildman–Crippen MR) is 100 cm³/mol. The number of ether oxygens (including phenoxy) is 1. The summed E-state index contributed by atoms with van der Waals surface area (Å²) in [6.07, 6.45) is -1.54. The number of hydrogen-bond donors (Lipinski definition) is 2. The van der Waals surface area contributed by atoms with Gasteiger partial charge in [-0.3, -0.25) is 19.3 Å². The Balaban J connectivity index is 0.00000320. The number of rotatable bonds is 6. The number of aliphatic hydroxyl groups is 1. The molecule has 12 heteroatoms. The van der Waals surface area contributed by atoms with E-state index in [4.69, 9.17) is 16.3 Å². The van der Waals surface area contributed by atoms with E-state index in [1.165, 1.54) is 30.8 Å². The van der Waals surface area contributed by atoms with Crippen LogP contribution in [-0.4, -0.2) is 57.5 Å². The topological polar surface area (TPSA) is 136 Å². The molecule has 2 aliphatic rings. The Labute approximate surface area is 223 Å². The van der Waals surface area contributed by atoms with Gasteiger partial charge in [-0.15, -0.1) is 11.8 Å². The molecule has 0 saturated carbocycles. The van der Waals surface area contributed by atoms with Crippen LogP contribution in [0.1, 0.15) is 18.6 Å². The SMILES string of the molecule is CC(=O)OCC1=C(C(=O)[O-])N2C(=O)[C@H](NC(=O)C(O)c3cccc(Cl)c3)[C@H]2SC1.[K+]. The number of hydrogen-bond acceptors (Lipinski definition) is 8. The maximum Gasteiger partial charge on any atom is 1.00 e. The molecule has 1 aromatic carbocycles. The van der Waals surface area contributed by atoms with Crippen molar-refractivity contribution in [1.29, 1.82) is 0 Å². The molecule has 154 valence electrons. The summed E-state index contributed by atoms with van der Waals surface area (Å²) in [6.45, 7) is 0.913. The summed E-state index contributed by atoms with van der Waals surface area (Å²) in [7, 11) is 0. The summed E-state index contributed by atoms with van der Waals surface area (Å²) in [5, 5.41) is 23.9. The Kier molecular flexibility index (Phi) is 8.95. The smallest absolute Gasteiger partial charge is 0.543 e. The van der Waals surface area contributed by atoms with Crippen LogP contribution < -0.4 is 61.8 Å². The quantitative estimate of drug-likeness (QED) is 0.243. The first-order valence-electron chi connectivity index (χ1n) is 8.46. The number of esters is 1. The minimum atomic E-state index is -1.57. The van der Waals surface area contributed by atoms with Crippen LogP contribution in [0.2, 0.25) is 5.02 Å². The second kappa shape index (κ2) is 10.6. The van der Waals surface area contributed by atoms with Crippen molar-refractivity contribution in [2.75, 3.05) is 12.4 Å². The van der Waals surface area contributed by atoms with Crippen LogP contribution in [0.5, 0.6) is 0 Å². The van der Waals surface area contributed by atoms with Crippen molar-refractivity contribution in [2.24, 2.45) is 0 Å². The van der Waals surface area contributed by atoms with Gasteiger partial charge in [-0.25, -0.2) is 0 Å². The third-order valence-electron chi connectivity index (χ3n) is 4.40. The zero-order chi connectivity index (χ0) is 21.3. The number of carbonyl (C=O) groups excluding carboxylic acids is 4. The van der Waals surface area contributed by atoms with Gasteiger partial charge < -0.3 is 25.1 Å². The van der Waals surface area contributed by atoms with Gasteiger partial charge in [0.1, 0.15) is 18.0 Å². The van der Waals surface area contributed by atoms with Crippen molar-refractivity contribution in [3.63, 3.8) is 0 Å². The summed E-state index contributed by atoms with van der Waals surface area (Å²) in [5.74, 6) is -3.45. The maximum atomic E-state index is 12.5. The molecule has 1 fully saturated rings. The number of carboxylic acid groups (broad SMARTS) is 1. The molecule has 0 aromatic heterocycles. The van der Waals surface area contributed by atoms with Gasteiger partial charge in [0.05, 0.1) is 11.7 Å². The number of aliphatic hydroxyl groups excluding tert-OH is 1. The fraction of sp³-hybridized carbons (Fsp3) is 0.333. The zero-order valence-electron chi connectivity index (χ0n) is 16.1. The first-order chi connectivity index (χ1) is 13.7. The Morgan fingerprint density at radius 1 is 1.43 bits per heavy atom. The first kappa shape index (κ1) is 25.3.